The molecule has 0 saturated carbocycles. The van der Waals surface area contributed by atoms with Crippen molar-refractivity contribution in [3.8, 4) is 5.75 Å². The maximum Gasteiger partial charge on any atom is 0.338 e. The average molecular weight is 484 g/mol. The summed E-state index contributed by atoms with van der Waals surface area (Å²) in [7, 11) is 1.60. The Labute approximate surface area is 204 Å². The van der Waals surface area contributed by atoms with Gasteiger partial charge in [0.2, 0.25) is 0 Å². The van der Waals surface area contributed by atoms with E-state index in [2.05, 4.69) is 11.9 Å². The first-order valence-electron chi connectivity index (χ1n) is 11.9. The quantitative estimate of drug-likeness (QED) is 0.304. The second kappa shape index (κ2) is 9.16. The van der Waals surface area contributed by atoms with Crippen molar-refractivity contribution in [3.05, 3.63) is 70.9 Å². The molecule has 0 unspecified atom stereocenters. The molecule has 178 valence electrons. The molecule has 3 aliphatic rings. The second-order valence-corrected chi connectivity index (χ2v) is 9.90. The van der Waals surface area contributed by atoms with Crippen LogP contribution in [0.4, 0.5) is 4.48 Å². The molecule has 34 heavy (non-hydrogen) atoms. The molecule has 0 aliphatic carbocycles. The highest BCUT2D eigenvalue weighted by Gasteiger charge is 2.57. The lowest BCUT2D eigenvalue weighted by Crippen LogP contribution is -2.64. The Morgan fingerprint density at radius 1 is 1.24 bits per heavy atom. The molecule has 2 bridgehead atoms. The van der Waals surface area contributed by atoms with Gasteiger partial charge in [-0.05, 0) is 65.4 Å². The van der Waals surface area contributed by atoms with Crippen LogP contribution in [0.5, 0.6) is 5.75 Å². The number of methoxy groups -OCH3 is 1. The summed E-state index contributed by atoms with van der Waals surface area (Å²) in [5, 5.41) is 1.34. The van der Waals surface area contributed by atoms with Crippen molar-refractivity contribution < 1.29 is 23.5 Å². The minimum absolute atomic E-state index is 0.358. The van der Waals surface area contributed by atoms with E-state index < -0.39 is 22.8 Å². The molecule has 2 aromatic carbocycles. The Bertz CT molecular complexity index is 1200. The van der Waals surface area contributed by atoms with E-state index in [0.717, 1.165) is 29.3 Å². The molecule has 3 aromatic rings. The van der Waals surface area contributed by atoms with Gasteiger partial charge in [-0.25, -0.2) is 4.79 Å². The number of halogens is 2. The number of benzene rings is 2. The fourth-order valence-electron chi connectivity index (χ4n) is 5.83. The van der Waals surface area contributed by atoms with E-state index in [1.54, 1.807) is 37.6 Å². The Morgan fingerprint density at radius 3 is 2.74 bits per heavy atom. The molecular formula is C27H29ClFN2O3+. The zero-order chi connectivity index (χ0) is 23.9. The number of carbonyl (C=O) groups excluding carboxylic acids is 1. The van der Waals surface area contributed by atoms with E-state index in [1.807, 2.05) is 24.3 Å². The first-order chi connectivity index (χ1) is 16.4. The standard InChI is InChI=1S/C27H29ClFN2O3/c1-3-17-16-31(29)13-11-19(17)14-25(31)26(34-27(32)18-4-6-20(28)7-5-18)22-10-12-30-24-9-8-21(33-2)15-23(22)24/h4-10,12,15,17,19,25-26H,3,11,13-14,16H2,1-2H3/q+1/t17-,19-,25-,26+,31+/m0/s1. The second-order valence-electron chi connectivity index (χ2n) is 9.47. The number of nitrogens with zero attached hydrogens (tertiary/aromatic N) is 2. The number of fused-ring (bicyclic) bond motifs is 4. The van der Waals surface area contributed by atoms with E-state index in [9.17, 15) is 4.79 Å². The zero-order valence-electron chi connectivity index (χ0n) is 19.4. The van der Waals surface area contributed by atoms with Gasteiger partial charge in [-0.2, -0.15) is 0 Å². The van der Waals surface area contributed by atoms with Crippen molar-refractivity contribution in [3.63, 3.8) is 0 Å². The molecule has 5 atom stereocenters. The van der Waals surface area contributed by atoms with Crippen LogP contribution >= 0.6 is 11.6 Å². The summed E-state index contributed by atoms with van der Waals surface area (Å²) in [5.74, 6) is 0.975. The molecule has 7 heteroatoms. The summed E-state index contributed by atoms with van der Waals surface area (Å²) in [4.78, 5) is 17.7. The predicted octanol–water partition coefficient (Wildman–Crippen LogP) is 6.31. The van der Waals surface area contributed by atoms with Crippen LogP contribution in [-0.4, -0.2) is 41.9 Å². The van der Waals surface area contributed by atoms with Crippen LogP contribution in [0.2, 0.25) is 5.02 Å². The van der Waals surface area contributed by atoms with Crippen molar-refractivity contribution in [1.29, 1.82) is 0 Å². The monoisotopic (exact) mass is 483 g/mol. The number of quaternary nitrogens is 1. The third-order valence-corrected chi connectivity index (χ3v) is 7.94. The Balaban J connectivity index is 1.59. The number of carbonyl (C=O) groups is 1. The first kappa shape index (κ1) is 23.1. The van der Waals surface area contributed by atoms with E-state index in [1.165, 1.54) is 0 Å². The van der Waals surface area contributed by atoms with E-state index >= 15 is 4.48 Å². The van der Waals surface area contributed by atoms with Crippen LogP contribution in [0.15, 0.2) is 54.7 Å². The molecular weight excluding hydrogens is 455 g/mol. The maximum absolute atomic E-state index is 16.5. The fourth-order valence-corrected chi connectivity index (χ4v) is 5.95. The van der Waals surface area contributed by atoms with Crippen molar-refractivity contribution in [1.82, 2.24) is 4.98 Å². The van der Waals surface area contributed by atoms with Gasteiger partial charge in [0.05, 0.1) is 18.2 Å². The van der Waals surface area contributed by atoms with Gasteiger partial charge < -0.3 is 9.47 Å². The molecule has 0 radical (unpaired) electrons. The molecule has 6 rings (SSSR count). The van der Waals surface area contributed by atoms with Crippen molar-refractivity contribution in [2.24, 2.45) is 11.8 Å². The summed E-state index contributed by atoms with van der Waals surface area (Å²) in [6, 6.07) is 13.5. The number of esters is 1. The number of ether oxygens (including phenoxy) is 2. The van der Waals surface area contributed by atoms with Crippen LogP contribution in [-0.2, 0) is 4.74 Å². The Hall–Kier alpha value is -2.70. The summed E-state index contributed by atoms with van der Waals surface area (Å²) in [5.41, 5.74) is 1.89. The molecule has 1 aromatic heterocycles. The molecule has 3 aliphatic heterocycles. The number of pyridine rings is 1. The van der Waals surface area contributed by atoms with Gasteiger partial charge in [-0.3, -0.25) is 4.98 Å². The molecule has 3 fully saturated rings. The van der Waals surface area contributed by atoms with Crippen molar-refractivity contribution in [2.75, 3.05) is 20.2 Å². The topological polar surface area (TPSA) is 48.4 Å². The minimum atomic E-state index is -0.758. The van der Waals surface area contributed by atoms with Crippen molar-refractivity contribution >= 4 is 28.5 Å². The molecule has 4 heterocycles. The third kappa shape index (κ3) is 4.14. The molecule has 0 N–H and O–H groups in total. The summed E-state index contributed by atoms with van der Waals surface area (Å²) in [6.07, 6.45) is 3.45. The lowest BCUT2D eigenvalue weighted by Gasteiger charge is -2.51. The van der Waals surface area contributed by atoms with Crippen LogP contribution in [0.25, 0.3) is 10.9 Å². The lowest BCUT2D eigenvalue weighted by atomic mass is 9.72. The Kier molecular flexibility index (Phi) is 6.21. The van der Waals surface area contributed by atoms with Crippen LogP contribution < -0.4 is 4.74 Å². The first-order valence-corrected chi connectivity index (χ1v) is 12.2. The van der Waals surface area contributed by atoms with E-state index in [4.69, 9.17) is 21.1 Å². The normalized spacial score (nSPS) is 26.9. The van der Waals surface area contributed by atoms with Gasteiger partial charge in [0.25, 0.3) is 0 Å². The highest BCUT2D eigenvalue weighted by Crippen LogP contribution is 2.49. The van der Waals surface area contributed by atoms with Crippen LogP contribution in [0.1, 0.15) is 48.2 Å². The number of piperidine rings is 3. The number of hydrogen-bond donors (Lipinski definition) is 0. The van der Waals surface area contributed by atoms with Crippen LogP contribution in [0, 0.1) is 11.8 Å². The maximum atomic E-state index is 16.5. The Morgan fingerprint density at radius 2 is 2.03 bits per heavy atom. The van der Waals surface area contributed by atoms with Crippen molar-refractivity contribution in [2.45, 2.75) is 38.3 Å². The fraction of sp³-hybridized carbons (Fsp3) is 0.407. The van der Waals surface area contributed by atoms with Gasteiger partial charge in [0.1, 0.15) is 18.8 Å². The average Bonchev–Trinajstić information content (AvgIpc) is 2.86. The zero-order valence-corrected chi connectivity index (χ0v) is 20.2. The third-order valence-electron chi connectivity index (χ3n) is 7.69. The largest absolute Gasteiger partial charge is 0.497 e. The van der Waals surface area contributed by atoms with E-state index in [-0.39, 0.29) is 0 Å². The predicted molar refractivity (Wildman–Crippen MR) is 129 cm³/mol. The highest BCUT2D eigenvalue weighted by molar-refractivity contribution is 6.30. The van der Waals surface area contributed by atoms with Gasteiger partial charge in [-0.1, -0.05) is 18.5 Å². The molecule has 3 saturated heterocycles. The summed E-state index contributed by atoms with van der Waals surface area (Å²) < 4.78 is 27.5. The van der Waals surface area contributed by atoms with Crippen LogP contribution in [0.3, 0.4) is 0 Å². The molecule has 0 spiro atoms. The SMILES string of the molecule is CC[C@H]1C[N@+]2(F)CC[C@H]1C[C@H]2[C@H](OC(=O)c1ccc(Cl)cc1)c1ccnc2ccc(OC)cc12. The number of rotatable bonds is 6. The molecule has 5 nitrogen and oxygen atoms in total. The smallest absolute Gasteiger partial charge is 0.338 e. The molecule has 0 amide bonds. The lowest BCUT2D eigenvalue weighted by molar-refractivity contribution is -1.09. The highest BCUT2D eigenvalue weighted by atomic mass is 35.5. The minimum Gasteiger partial charge on any atom is -0.497 e. The van der Waals surface area contributed by atoms with Gasteiger partial charge in [0.15, 0.2) is 12.1 Å². The summed E-state index contributed by atoms with van der Waals surface area (Å²) in [6.45, 7) is 3.05. The number of hydrogen-bond acceptors (Lipinski definition) is 4. The van der Waals surface area contributed by atoms with E-state index in [0.29, 0.717) is 47.7 Å². The number of aromatic nitrogens is 1. The van der Waals surface area contributed by atoms with Gasteiger partial charge >= 0.3 is 5.97 Å². The summed E-state index contributed by atoms with van der Waals surface area (Å²) >= 11 is 6.00. The van der Waals surface area contributed by atoms with Gasteiger partial charge in [0, 0.05) is 40.9 Å². The van der Waals surface area contributed by atoms with Gasteiger partial charge in [-0.15, -0.1) is 4.71 Å².